The van der Waals surface area contributed by atoms with Crippen molar-refractivity contribution in [2.45, 2.75) is 44.4 Å². The van der Waals surface area contributed by atoms with Crippen LogP contribution < -0.4 is 5.32 Å². The smallest absolute Gasteiger partial charge is 0.163 e. The van der Waals surface area contributed by atoms with Crippen LogP contribution in [0.1, 0.15) is 31.4 Å². The van der Waals surface area contributed by atoms with E-state index in [0.29, 0.717) is 6.04 Å². The Morgan fingerprint density at radius 1 is 1.07 bits per heavy atom. The minimum absolute atomic E-state index is 0.157. The lowest BCUT2D eigenvalue weighted by Gasteiger charge is -2.26. The highest BCUT2D eigenvalue weighted by atomic mass is 32.2. The van der Waals surface area contributed by atoms with Crippen LogP contribution in [0.4, 0.5) is 5.82 Å². The third-order valence-electron chi connectivity index (χ3n) is 6.11. The molecule has 0 amide bonds. The maximum absolute atomic E-state index is 9.85. The highest BCUT2D eigenvalue weighted by Crippen LogP contribution is 2.29. The largest absolute Gasteiger partial charge is 0.393 e. The number of aliphatic hydroxyl groups excluding tert-OH is 1. The number of nitrogens with one attached hydrogen (secondary N) is 2. The summed E-state index contributed by atoms with van der Waals surface area (Å²) < 4.78 is 0. The van der Waals surface area contributed by atoms with Crippen molar-refractivity contribution in [3.8, 4) is 11.4 Å². The first kappa shape index (κ1) is 19.8. The summed E-state index contributed by atoms with van der Waals surface area (Å²) in [6, 6.07) is 12.7. The van der Waals surface area contributed by atoms with E-state index >= 15 is 0 Å². The number of aromatic nitrogens is 3. The molecule has 30 heavy (non-hydrogen) atoms. The van der Waals surface area contributed by atoms with Crippen LogP contribution in [0.5, 0.6) is 0 Å². The summed E-state index contributed by atoms with van der Waals surface area (Å²) in [5, 5.41) is 14.6. The van der Waals surface area contributed by atoms with Crippen molar-refractivity contribution in [2.75, 3.05) is 29.9 Å². The first-order valence-corrected chi connectivity index (χ1v) is 12.1. The molecule has 1 aliphatic carbocycles. The lowest BCUT2D eigenvalue weighted by atomic mass is 9.93. The number of thioether (sulfide) groups is 1. The number of hydrogen-bond acceptors (Lipinski definition) is 6. The third kappa shape index (κ3) is 4.48. The summed E-state index contributed by atoms with van der Waals surface area (Å²) in [4.78, 5) is 15.8. The molecule has 0 spiro atoms. The van der Waals surface area contributed by atoms with E-state index in [0.717, 1.165) is 73.6 Å². The molecule has 3 aromatic rings. The summed E-state index contributed by atoms with van der Waals surface area (Å²) in [6.07, 6.45) is 3.48. The van der Waals surface area contributed by atoms with Gasteiger partial charge in [0.05, 0.1) is 11.5 Å². The number of fused-ring (bicyclic) bond motifs is 1. The average molecular weight is 424 g/mol. The van der Waals surface area contributed by atoms with E-state index in [9.17, 15) is 5.11 Å². The van der Waals surface area contributed by atoms with Gasteiger partial charge in [-0.3, -0.25) is 4.90 Å². The van der Waals surface area contributed by atoms with Crippen molar-refractivity contribution < 1.29 is 5.11 Å². The van der Waals surface area contributed by atoms with Gasteiger partial charge in [0.1, 0.15) is 11.5 Å². The van der Waals surface area contributed by atoms with Gasteiger partial charge < -0.3 is 15.4 Å². The summed E-state index contributed by atoms with van der Waals surface area (Å²) in [5.41, 5.74) is 3.10. The Hall–Kier alpha value is -2.09. The maximum Gasteiger partial charge on any atom is 0.163 e. The molecule has 1 saturated carbocycles. The molecule has 7 heteroatoms. The molecule has 2 fully saturated rings. The van der Waals surface area contributed by atoms with Gasteiger partial charge in [-0.2, -0.15) is 11.8 Å². The topological polar surface area (TPSA) is 77.1 Å². The number of nitrogens with zero attached hydrogens (tertiary/aromatic N) is 3. The summed E-state index contributed by atoms with van der Waals surface area (Å²) in [6.45, 7) is 3.19. The first-order valence-electron chi connectivity index (χ1n) is 10.9. The van der Waals surface area contributed by atoms with Gasteiger partial charge in [0.25, 0.3) is 0 Å². The number of aliphatic hydroxyl groups is 1. The van der Waals surface area contributed by atoms with Crippen LogP contribution >= 0.6 is 11.8 Å². The van der Waals surface area contributed by atoms with Crippen molar-refractivity contribution >= 4 is 28.6 Å². The second-order valence-corrected chi connectivity index (χ2v) is 9.58. The molecule has 158 valence electrons. The van der Waals surface area contributed by atoms with Gasteiger partial charge in [0, 0.05) is 48.4 Å². The number of H-pyrrole nitrogens is 1. The van der Waals surface area contributed by atoms with Crippen molar-refractivity contribution in [1.29, 1.82) is 0 Å². The van der Waals surface area contributed by atoms with Gasteiger partial charge in [0.2, 0.25) is 0 Å². The van der Waals surface area contributed by atoms with Gasteiger partial charge in [-0.25, -0.2) is 9.97 Å². The summed E-state index contributed by atoms with van der Waals surface area (Å²) >= 11 is 2.03. The Kier molecular flexibility index (Phi) is 5.93. The zero-order valence-electron chi connectivity index (χ0n) is 17.2. The Labute approximate surface area is 181 Å². The quantitative estimate of drug-likeness (QED) is 0.578. The third-order valence-corrected chi connectivity index (χ3v) is 7.05. The van der Waals surface area contributed by atoms with Crippen LogP contribution in [-0.4, -0.2) is 61.7 Å². The highest BCUT2D eigenvalue weighted by Gasteiger charge is 2.22. The molecule has 3 heterocycles. The maximum atomic E-state index is 9.85. The van der Waals surface area contributed by atoms with Crippen LogP contribution in [0.15, 0.2) is 36.4 Å². The molecule has 5 rings (SSSR count). The first-order chi connectivity index (χ1) is 14.7. The molecule has 2 aliphatic rings. The molecule has 0 radical (unpaired) electrons. The minimum atomic E-state index is -0.157. The molecule has 0 unspecified atom stereocenters. The number of benzene rings is 1. The molecule has 3 N–H and O–H groups in total. The van der Waals surface area contributed by atoms with E-state index in [-0.39, 0.29) is 6.10 Å². The Balaban J connectivity index is 1.47. The molecule has 1 aliphatic heterocycles. The molecule has 1 saturated heterocycles. The van der Waals surface area contributed by atoms with Crippen LogP contribution in [0.2, 0.25) is 0 Å². The lowest BCUT2D eigenvalue weighted by molar-refractivity contribution is 0.126. The number of rotatable bonds is 5. The van der Waals surface area contributed by atoms with E-state index in [2.05, 4.69) is 33.4 Å². The molecule has 2 aromatic heterocycles. The van der Waals surface area contributed by atoms with Crippen LogP contribution in [0.25, 0.3) is 22.4 Å². The SMILES string of the molecule is OC1CCC(Nc2nc(-c3ccccc3)nc3[nH]c(CN4CCSCC4)cc23)CC1. The van der Waals surface area contributed by atoms with Crippen LogP contribution in [0.3, 0.4) is 0 Å². The van der Waals surface area contributed by atoms with Crippen molar-refractivity contribution in [1.82, 2.24) is 19.9 Å². The molecule has 6 nitrogen and oxygen atoms in total. The zero-order chi connectivity index (χ0) is 20.3. The van der Waals surface area contributed by atoms with Gasteiger partial charge in [-0.05, 0) is 31.7 Å². The fourth-order valence-corrected chi connectivity index (χ4v) is 5.37. The van der Waals surface area contributed by atoms with Gasteiger partial charge in [-0.15, -0.1) is 0 Å². The lowest BCUT2D eigenvalue weighted by Crippen LogP contribution is -2.32. The molecule has 0 atom stereocenters. The summed E-state index contributed by atoms with van der Waals surface area (Å²) in [5.74, 6) is 4.05. The zero-order valence-corrected chi connectivity index (χ0v) is 18.0. The average Bonchev–Trinajstić information content (AvgIpc) is 3.19. The molecule has 1 aromatic carbocycles. The second kappa shape index (κ2) is 8.96. The standard InChI is InChI=1S/C23H29N5OS/c29-19-8-6-17(7-9-19)24-22-20-14-18(15-28-10-12-30-13-11-28)25-23(20)27-21(26-22)16-4-2-1-3-5-16/h1-5,14,17,19,29H,6-13,15H2,(H2,24,25,26,27). The molecular formula is C23H29N5OS. The highest BCUT2D eigenvalue weighted by molar-refractivity contribution is 7.99. The van der Waals surface area contributed by atoms with E-state index < -0.39 is 0 Å². The van der Waals surface area contributed by atoms with E-state index in [1.807, 2.05) is 30.0 Å². The van der Waals surface area contributed by atoms with Gasteiger partial charge in [0.15, 0.2) is 5.82 Å². The van der Waals surface area contributed by atoms with Crippen molar-refractivity contribution in [3.05, 3.63) is 42.1 Å². The Bertz CT molecular complexity index is 978. The Morgan fingerprint density at radius 3 is 2.60 bits per heavy atom. The second-order valence-electron chi connectivity index (χ2n) is 8.36. The normalized spacial score (nSPS) is 23.0. The summed E-state index contributed by atoms with van der Waals surface area (Å²) in [7, 11) is 0. The Morgan fingerprint density at radius 2 is 1.83 bits per heavy atom. The number of hydrogen-bond donors (Lipinski definition) is 3. The molecule has 0 bridgehead atoms. The predicted molar refractivity (Wildman–Crippen MR) is 124 cm³/mol. The van der Waals surface area contributed by atoms with Crippen LogP contribution in [-0.2, 0) is 6.54 Å². The number of aromatic amines is 1. The van der Waals surface area contributed by atoms with E-state index in [1.165, 1.54) is 17.2 Å². The van der Waals surface area contributed by atoms with E-state index in [1.54, 1.807) is 0 Å². The predicted octanol–water partition coefficient (Wildman–Crippen LogP) is 3.89. The number of anilines is 1. The van der Waals surface area contributed by atoms with E-state index in [4.69, 9.17) is 9.97 Å². The van der Waals surface area contributed by atoms with Crippen molar-refractivity contribution in [2.24, 2.45) is 0 Å². The fourth-order valence-electron chi connectivity index (χ4n) is 4.39. The van der Waals surface area contributed by atoms with Crippen LogP contribution in [0, 0.1) is 0 Å². The monoisotopic (exact) mass is 423 g/mol. The van der Waals surface area contributed by atoms with Gasteiger partial charge in [-0.1, -0.05) is 30.3 Å². The molecular weight excluding hydrogens is 394 g/mol. The fraction of sp³-hybridized carbons (Fsp3) is 0.478. The minimum Gasteiger partial charge on any atom is -0.393 e. The van der Waals surface area contributed by atoms with Gasteiger partial charge >= 0.3 is 0 Å². The van der Waals surface area contributed by atoms with Crippen molar-refractivity contribution in [3.63, 3.8) is 0 Å².